The van der Waals surface area contributed by atoms with E-state index in [-0.39, 0.29) is 23.4 Å². The molecule has 1 saturated heterocycles. The summed E-state index contributed by atoms with van der Waals surface area (Å²) in [5, 5.41) is 6.03. The van der Waals surface area contributed by atoms with Crippen molar-refractivity contribution in [3.05, 3.63) is 0 Å². The summed E-state index contributed by atoms with van der Waals surface area (Å²) in [4.78, 5) is 18.2. The van der Waals surface area contributed by atoms with Crippen molar-refractivity contribution in [3.63, 3.8) is 0 Å². The van der Waals surface area contributed by atoms with Crippen LogP contribution in [0.2, 0.25) is 0 Å². The third kappa shape index (κ3) is 3.19. The van der Waals surface area contributed by atoms with E-state index in [0.717, 1.165) is 19.0 Å². The molecule has 0 saturated carbocycles. The number of likely N-dealkylation sites (N-methyl/N-ethyl adjacent to an activating group) is 1. The lowest BCUT2D eigenvalue weighted by atomic mass is 9.65. The number of carbonyl (C=O) groups is 1. The van der Waals surface area contributed by atoms with Crippen LogP contribution < -0.4 is 10.6 Å². The van der Waals surface area contributed by atoms with Gasteiger partial charge in [0, 0.05) is 30.6 Å². The Morgan fingerprint density at radius 2 is 1.74 bits per heavy atom. The first-order valence-electron chi connectivity index (χ1n) is 7.09. The number of likely N-dealkylation sites (tertiary alicyclic amines) is 1. The molecule has 1 heterocycles. The van der Waals surface area contributed by atoms with Gasteiger partial charge in [-0.05, 0) is 27.7 Å². The van der Waals surface area contributed by atoms with Gasteiger partial charge in [0.15, 0.2) is 5.96 Å². The van der Waals surface area contributed by atoms with Crippen LogP contribution in [-0.2, 0) is 4.79 Å². The van der Waals surface area contributed by atoms with Gasteiger partial charge in [0.1, 0.15) is 6.54 Å². The monoisotopic (exact) mass is 268 g/mol. The van der Waals surface area contributed by atoms with E-state index < -0.39 is 0 Å². The maximum atomic E-state index is 11.5. The number of hydrogen-bond acceptors (Lipinski definition) is 2. The summed E-state index contributed by atoms with van der Waals surface area (Å²) >= 11 is 0. The highest BCUT2D eigenvalue weighted by Crippen LogP contribution is 2.46. The molecule has 0 aromatic rings. The van der Waals surface area contributed by atoms with Gasteiger partial charge in [0.2, 0.25) is 5.91 Å². The van der Waals surface area contributed by atoms with Gasteiger partial charge in [-0.1, -0.05) is 13.8 Å². The summed E-state index contributed by atoms with van der Waals surface area (Å²) in [5.41, 5.74) is 0.310. The van der Waals surface area contributed by atoms with E-state index in [9.17, 15) is 4.79 Å². The Morgan fingerprint density at radius 1 is 1.16 bits per heavy atom. The standard InChI is InChI=1S/C14H28N4O/c1-7-15-11(19)9-17-12(16-8-2)18-10-13(3,4)14(18,5)6/h7-10H2,1-6H3,(H,15,19)(H,16,17). The third-order valence-electron chi connectivity index (χ3n) is 4.22. The Hall–Kier alpha value is -1.26. The van der Waals surface area contributed by atoms with Gasteiger partial charge < -0.3 is 15.5 Å². The van der Waals surface area contributed by atoms with Crippen LogP contribution in [0.5, 0.6) is 0 Å². The lowest BCUT2D eigenvalue weighted by Gasteiger charge is -2.62. The van der Waals surface area contributed by atoms with Crippen LogP contribution in [-0.4, -0.2) is 48.5 Å². The maximum Gasteiger partial charge on any atom is 0.241 e. The number of hydrogen-bond donors (Lipinski definition) is 2. The Balaban J connectivity index is 2.74. The van der Waals surface area contributed by atoms with Gasteiger partial charge in [-0.15, -0.1) is 0 Å². The molecule has 19 heavy (non-hydrogen) atoms. The molecule has 0 aromatic carbocycles. The highest BCUT2D eigenvalue weighted by atomic mass is 16.1. The number of rotatable bonds is 4. The molecule has 0 atom stereocenters. The minimum atomic E-state index is -0.0320. The average Bonchev–Trinajstić information content (AvgIpc) is 2.32. The first kappa shape index (κ1) is 15.8. The van der Waals surface area contributed by atoms with E-state index in [2.05, 4.69) is 48.2 Å². The van der Waals surface area contributed by atoms with E-state index in [0.29, 0.717) is 6.54 Å². The normalized spacial score (nSPS) is 20.7. The van der Waals surface area contributed by atoms with Gasteiger partial charge >= 0.3 is 0 Å². The Labute approximate surface area is 116 Å². The van der Waals surface area contributed by atoms with Crippen molar-refractivity contribution in [2.24, 2.45) is 10.4 Å². The maximum absolute atomic E-state index is 11.5. The van der Waals surface area contributed by atoms with Gasteiger partial charge in [-0.2, -0.15) is 0 Å². The molecule has 0 aromatic heterocycles. The van der Waals surface area contributed by atoms with Crippen LogP contribution >= 0.6 is 0 Å². The molecule has 0 radical (unpaired) electrons. The van der Waals surface area contributed by atoms with Crippen LogP contribution in [0.25, 0.3) is 0 Å². The molecule has 2 N–H and O–H groups in total. The zero-order chi connectivity index (χ0) is 14.7. The van der Waals surface area contributed by atoms with Gasteiger partial charge in [-0.25, -0.2) is 4.99 Å². The van der Waals surface area contributed by atoms with Crippen molar-refractivity contribution in [2.75, 3.05) is 26.2 Å². The summed E-state index contributed by atoms with van der Waals surface area (Å²) in [6.45, 7) is 15.5. The summed E-state index contributed by atoms with van der Waals surface area (Å²) in [6.07, 6.45) is 0. The number of nitrogens with zero attached hydrogens (tertiary/aromatic N) is 2. The largest absolute Gasteiger partial charge is 0.356 e. The number of amides is 1. The molecule has 1 aliphatic rings. The first-order chi connectivity index (χ1) is 8.76. The fourth-order valence-electron chi connectivity index (χ4n) is 2.19. The fourth-order valence-corrected chi connectivity index (χ4v) is 2.19. The second-order valence-corrected chi connectivity index (χ2v) is 6.15. The Morgan fingerprint density at radius 3 is 2.16 bits per heavy atom. The van der Waals surface area contributed by atoms with E-state index in [1.165, 1.54) is 0 Å². The lowest BCUT2D eigenvalue weighted by Crippen LogP contribution is -2.72. The molecule has 1 amide bonds. The van der Waals surface area contributed by atoms with E-state index in [4.69, 9.17) is 0 Å². The molecule has 5 nitrogen and oxygen atoms in total. The van der Waals surface area contributed by atoms with Crippen molar-refractivity contribution in [1.29, 1.82) is 0 Å². The first-order valence-corrected chi connectivity index (χ1v) is 7.09. The van der Waals surface area contributed by atoms with Crippen LogP contribution in [0.4, 0.5) is 0 Å². The van der Waals surface area contributed by atoms with Crippen molar-refractivity contribution in [1.82, 2.24) is 15.5 Å². The highest BCUT2D eigenvalue weighted by molar-refractivity contribution is 5.86. The van der Waals surface area contributed by atoms with E-state index >= 15 is 0 Å². The molecular formula is C14H28N4O. The summed E-state index contributed by atoms with van der Waals surface area (Å²) < 4.78 is 0. The van der Waals surface area contributed by atoms with E-state index in [1.807, 2.05) is 13.8 Å². The molecule has 110 valence electrons. The van der Waals surface area contributed by atoms with Gasteiger partial charge in [0.05, 0.1) is 0 Å². The van der Waals surface area contributed by atoms with Crippen LogP contribution in [0.3, 0.4) is 0 Å². The van der Waals surface area contributed by atoms with Crippen LogP contribution in [0, 0.1) is 5.41 Å². The van der Waals surface area contributed by atoms with Crippen LogP contribution in [0.1, 0.15) is 41.5 Å². The summed E-state index contributed by atoms with van der Waals surface area (Å²) in [6, 6.07) is 0. The SMILES string of the molecule is CCNC(=O)CN=C(NCC)N1CC(C)(C)C1(C)C. The van der Waals surface area contributed by atoms with Crippen LogP contribution in [0.15, 0.2) is 4.99 Å². The number of guanidine groups is 1. The Bertz CT molecular complexity index is 360. The smallest absolute Gasteiger partial charge is 0.241 e. The van der Waals surface area contributed by atoms with Gasteiger partial charge in [0.25, 0.3) is 0 Å². The molecule has 1 fully saturated rings. The predicted octanol–water partition coefficient (Wildman–Crippen LogP) is 1.21. The summed E-state index contributed by atoms with van der Waals surface area (Å²) in [7, 11) is 0. The quantitative estimate of drug-likeness (QED) is 0.595. The minimum Gasteiger partial charge on any atom is -0.356 e. The molecule has 5 heteroatoms. The lowest BCUT2D eigenvalue weighted by molar-refractivity contribution is -0.119. The van der Waals surface area contributed by atoms with Crippen molar-refractivity contribution in [3.8, 4) is 0 Å². The second kappa shape index (κ2) is 5.80. The topological polar surface area (TPSA) is 56.7 Å². The van der Waals surface area contributed by atoms with Crippen molar-refractivity contribution >= 4 is 11.9 Å². The third-order valence-corrected chi connectivity index (χ3v) is 4.22. The highest BCUT2D eigenvalue weighted by Gasteiger charge is 2.53. The average molecular weight is 268 g/mol. The predicted molar refractivity (Wildman–Crippen MR) is 79.2 cm³/mol. The molecule has 0 spiro atoms. The molecule has 1 aliphatic heterocycles. The van der Waals surface area contributed by atoms with E-state index in [1.54, 1.807) is 0 Å². The molecular weight excluding hydrogens is 240 g/mol. The molecule has 1 rings (SSSR count). The zero-order valence-corrected chi connectivity index (χ0v) is 13.1. The number of carbonyl (C=O) groups excluding carboxylic acids is 1. The fraction of sp³-hybridized carbons (Fsp3) is 0.857. The molecule has 0 unspecified atom stereocenters. The Kier molecular flexibility index (Phi) is 4.82. The number of aliphatic imine (C=N–C) groups is 1. The van der Waals surface area contributed by atoms with Crippen molar-refractivity contribution < 1.29 is 4.79 Å². The minimum absolute atomic E-state index is 0.0320. The zero-order valence-electron chi connectivity index (χ0n) is 13.1. The van der Waals surface area contributed by atoms with Gasteiger partial charge in [-0.3, -0.25) is 4.79 Å². The molecule has 0 aliphatic carbocycles. The molecule has 0 bridgehead atoms. The number of nitrogens with one attached hydrogen (secondary N) is 2. The second-order valence-electron chi connectivity index (χ2n) is 6.15. The van der Waals surface area contributed by atoms with Crippen molar-refractivity contribution in [2.45, 2.75) is 47.1 Å². The summed E-state index contributed by atoms with van der Waals surface area (Å²) in [5.74, 6) is 0.800.